The van der Waals surface area contributed by atoms with Crippen LogP contribution in [0.4, 0.5) is 5.69 Å². The molecular weight excluding hydrogens is 356 g/mol. The number of hydrogen-bond donors (Lipinski definition) is 2. The third-order valence-corrected chi connectivity index (χ3v) is 6.18. The van der Waals surface area contributed by atoms with Crippen LogP contribution < -0.4 is 11.1 Å². The fourth-order valence-corrected chi connectivity index (χ4v) is 4.82. The van der Waals surface area contributed by atoms with Gasteiger partial charge in [0.1, 0.15) is 4.88 Å². The molecule has 1 fully saturated rings. The van der Waals surface area contributed by atoms with Crippen molar-refractivity contribution >= 4 is 60.7 Å². The Hall–Kier alpha value is -0.720. The Bertz CT molecular complexity index is 650. The third-order valence-electron chi connectivity index (χ3n) is 3.45. The van der Waals surface area contributed by atoms with E-state index in [0.717, 1.165) is 38.9 Å². The van der Waals surface area contributed by atoms with Gasteiger partial charge in [-0.2, -0.15) is 11.8 Å². The van der Waals surface area contributed by atoms with Gasteiger partial charge in [0.05, 0.1) is 5.69 Å². The first-order chi connectivity index (χ1) is 9.65. The Morgan fingerprint density at radius 2 is 2.10 bits per heavy atom. The molecule has 1 aromatic carbocycles. The van der Waals surface area contributed by atoms with Gasteiger partial charge in [-0.05, 0) is 42.5 Å². The second kappa shape index (κ2) is 5.95. The van der Waals surface area contributed by atoms with Crippen LogP contribution in [0.5, 0.6) is 0 Å². The van der Waals surface area contributed by atoms with E-state index < -0.39 is 0 Å². The van der Waals surface area contributed by atoms with Crippen LogP contribution in [0, 0.1) is 0 Å². The van der Waals surface area contributed by atoms with Crippen LogP contribution in [0.3, 0.4) is 0 Å². The van der Waals surface area contributed by atoms with Crippen LogP contribution in [0.2, 0.25) is 0 Å². The van der Waals surface area contributed by atoms with Crippen LogP contribution in [-0.2, 0) is 0 Å². The van der Waals surface area contributed by atoms with Crippen molar-refractivity contribution in [3.63, 3.8) is 0 Å². The van der Waals surface area contributed by atoms with Crippen molar-refractivity contribution < 1.29 is 4.79 Å². The predicted octanol–water partition coefficient (Wildman–Crippen LogP) is 3.87. The number of anilines is 1. The zero-order chi connectivity index (χ0) is 14.1. The number of hydrogen-bond acceptors (Lipinski definition) is 4. The van der Waals surface area contributed by atoms with Crippen molar-refractivity contribution in [2.75, 3.05) is 17.2 Å². The number of carbonyl (C=O) groups excluding carboxylic acids is 1. The van der Waals surface area contributed by atoms with Crippen molar-refractivity contribution in [3.05, 3.63) is 27.5 Å². The molecular formula is C14H15BrN2OS2. The number of thiophene rings is 1. The van der Waals surface area contributed by atoms with E-state index in [1.54, 1.807) is 0 Å². The van der Waals surface area contributed by atoms with Crippen LogP contribution in [0.15, 0.2) is 22.7 Å². The standard InChI is InChI=1S/C14H15BrN2OS2/c15-8-1-2-11-10(7-8)12(16)13(20-11)14(18)17-9-3-5-19-6-4-9/h1-2,7,9H,3-6,16H2,(H,17,18). The van der Waals surface area contributed by atoms with E-state index in [0.29, 0.717) is 16.6 Å². The molecule has 0 spiro atoms. The summed E-state index contributed by atoms with van der Waals surface area (Å²) in [4.78, 5) is 13.0. The maximum Gasteiger partial charge on any atom is 0.263 e. The molecule has 2 heterocycles. The molecule has 3 nitrogen and oxygen atoms in total. The van der Waals surface area contributed by atoms with Gasteiger partial charge in [-0.15, -0.1) is 11.3 Å². The van der Waals surface area contributed by atoms with Crippen molar-refractivity contribution in [1.82, 2.24) is 5.32 Å². The number of nitrogens with one attached hydrogen (secondary N) is 1. The molecule has 3 N–H and O–H groups in total. The quantitative estimate of drug-likeness (QED) is 0.843. The highest BCUT2D eigenvalue weighted by Crippen LogP contribution is 2.35. The van der Waals surface area contributed by atoms with Crippen LogP contribution in [-0.4, -0.2) is 23.5 Å². The average molecular weight is 371 g/mol. The summed E-state index contributed by atoms with van der Waals surface area (Å²) in [5.41, 5.74) is 6.73. The first-order valence-corrected chi connectivity index (χ1v) is 9.27. The second-order valence-electron chi connectivity index (χ2n) is 4.85. The molecule has 1 aliphatic rings. The molecule has 6 heteroatoms. The molecule has 106 valence electrons. The number of amides is 1. The molecule has 0 aliphatic carbocycles. The van der Waals surface area contributed by atoms with E-state index in [-0.39, 0.29) is 5.91 Å². The van der Waals surface area contributed by atoms with Gasteiger partial charge in [-0.1, -0.05) is 15.9 Å². The van der Waals surface area contributed by atoms with Crippen LogP contribution in [0.25, 0.3) is 10.1 Å². The summed E-state index contributed by atoms with van der Waals surface area (Å²) in [7, 11) is 0. The molecule has 3 rings (SSSR count). The Balaban J connectivity index is 1.85. The van der Waals surface area contributed by atoms with E-state index in [2.05, 4.69) is 21.2 Å². The summed E-state index contributed by atoms with van der Waals surface area (Å²) in [6.45, 7) is 0. The van der Waals surface area contributed by atoms with Crippen molar-refractivity contribution in [2.45, 2.75) is 18.9 Å². The number of halogens is 1. The second-order valence-corrected chi connectivity index (χ2v) is 8.04. The van der Waals surface area contributed by atoms with Gasteiger partial charge in [-0.25, -0.2) is 0 Å². The van der Waals surface area contributed by atoms with Crippen LogP contribution in [0.1, 0.15) is 22.5 Å². The highest BCUT2D eigenvalue weighted by Gasteiger charge is 2.21. The number of rotatable bonds is 2. The van der Waals surface area contributed by atoms with E-state index in [9.17, 15) is 4.79 Å². The van der Waals surface area contributed by atoms with Gasteiger partial charge in [0.2, 0.25) is 0 Å². The zero-order valence-electron chi connectivity index (χ0n) is 10.8. The van der Waals surface area contributed by atoms with Gasteiger partial charge >= 0.3 is 0 Å². The topological polar surface area (TPSA) is 55.1 Å². The van der Waals surface area contributed by atoms with E-state index in [1.165, 1.54) is 11.3 Å². The first-order valence-electron chi connectivity index (χ1n) is 6.51. The number of nitrogens with two attached hydrogens (primary N) is 1. The smallest absolute Gasteiger partial charge is 0.263 e. The third kappa shape index (κ3) is 2.82. The number of carbonyl (C=O) groups is 1. The van der Waals surface area contributed by atoms with Crippen molar-refractivity contribution in [3.8, 4) is 0 Å². The largest absolute Gasteiger partial charge is 0.397 e. The molecule has 0 atom stereocenters. The van der Waals surface area contributed by atoms with Gasteiger partial charge in [-0.3, -0.25) is 4.79 Å². The molecule has 1 amide bonds. The average Bonchev–Trinajstić information content (AvgIpc) is 2.77. The Labute approximate surface area is 134 Å². The minimum atomic E-state index is -0.0308. The molecule has 0 unspecified atom stereocenters. The lowest BCUT2D eigenvalue weighted by atomic mass is 10.1. The van der Waals surface area contributed by atoms with Gasteiger partial charge in [0.15, 0.2) is 0 Å². The molecule has 1 saturated heterocycles. The summed E-state index contributed by atoms with van der Waals surface area (Å²) in [6.07, 6.45) is 2.10. The summed E-state index contributed by atoms with van der Waals surface area (Å²) in [5.74, 6) is 2.22. The number of fused-ring (bicyclic) bond motifs is 1. The highest BCUT2D eigenvalue weighted by molar-refractivity contribution is 9.10. The lowest BCUT2D eigenvalue weighted by Crippen LogP contribution is -2.37. The fourth-order valence-electron chi connectivity index (χ4n) is 2.35. The lowest BCUT2D eigenvalue weighted by Gasteiger charge is -2.22. The highest BCUT2D eigenvalue weighted by atomic mass is 79.9. The van der Waals surface area contributed by atoms with Gasteiger partial charge in [0.25, 0.3) is 5.91 Å². The molecule has 1 aliphatic heterocycles. The Kier molecular flexibility index (Phi) is 4.23. The summed E-state index contributed by atoms with van der Waals surface area (Å²) >= 11 is 6.86. The molecule has 1 aromatic heterocycles. The van der Waals surface area contributed by atoms with Crippen LogP contribution >= 0.6 is 39.0 Å². The van der Waals surface area contributed by atoms with Crippen molar-refractivity contribution in [1.29, 1.82) is 0 Å². The molecule has 0 radical (unpaired) electrons. The zero-order valence-corrected chi connectivity index (χ0v) is 14.0. The monoisotopic (exact) mass is 370 g/mol. The van der Waals surface area contributed by atoms with E-state index >= 15 is 0 Å². The predicted molar refractivity (Wildman–Crippen MR) is 91.8 cm³/mol. The summed E-state index contributed by atoms with van der Waals surface area (Å²) in [5, 5.41) is 4.07. The minimum absolute atomic E-state index is 0.0308. The number of benzene rings is 1. The minimum Gasteiger partial charge on any atom is -0.397 e. The summed E-state index contributed by atoms with van der Waals surface area (Å²) in [6, 6.07) is 6.22. The van der Waals surface area contributed by atoms with E-state index in [4.69, 9.17) is 5.73 Å². The molecule has 0 bridgehead atoms. The summed E-state index contributed by atoms with van der Waals surface area (Å²) < 4.78 is 2.03. The molecule has 20 heavy (non-hydrogen) atoms. The molecule has 2 aromatic rings. The maximum atomic E-state index is 12.4. The normalized spacial score (nSPS) is 16.4. The Morgan fingerprint density at radius 3 is 2.85 bits per heavy atom. The SMILES string of the molecule is Nc1c(C(=O)NC2CCSCC2)sc2ccc(Br)cc12. The number of thioether (sulfide) groups is 1. The number of nitrogen functional groups attached to an aromatic ring is 1. The maximum absolute atomic E-state index is 12.4. The van der Waals surface area contributed by atoms with Gasteiger partial charge in [0, 0.05) is 20.6 Å². The Morgan fingerprint density at radius 1 is 1.35 bits per heavy atom. The first kappa shape index (κ1) is 14.2. The van der Waals surface area contributed by atoms with E-state index in [1.807, 2.05) is 30.0 Å². The molecule has 0 saturated carbocycles. The fraction of sp³-hybridized carbons (Fsp3) is 0.357. The van der Waals surface area contributed by atoms with Crippen molar-refractivity contribution in [2.24, 2.45) is 0 Å². The lowest BCUT2D eigenvalue weighted by molar-refractivity contribution is 0.0940. The van der Waals surface area contributed by atoms with Gasteiger partial charge < -0.3 is 11.1 Å².